The van der Waals surface area contributed by atoms with E-state index in [1.165, 1.54) is 0 Å². The third-order valence-electron chi connectivity index (χ3n) is 3.11. The maximum absolute atomic E-state index is 9.63. The molecule has 82 valence electrons. The number of hydrogen-bond acceptors (Lipinski definition) is 6. The van der Waals surface area contributed by atoms with Gasteiger partial charge in [0.25, 0.3) is 0 Å². The zero-order valence-electron chi connectivity index (χ0n) is 7.58. The van der Waals surface area contributed by atoms with Gasteiger partial charge in [-0.3, -0.25) is 0 Å². The number of ether oxygens (including phenoxy) is 1. The molecule has 1 saturated carbocycles. The molecule has 6 nitrogen and oxygen atoms in total. The summed E-state index contributed by atoms with van der Waals surface area (Å²) in [5.74, 6) is 0. The average Bonchev–Trinajstić information content (AvgIpc) is 2.81. The van der Waals surface area contributed by atoms with Gasteiger partial charge >= 0.3 is 0 Å². The first-order valence-corrected chi connectivity index (χ1v) is 4.61. The third kappa shape index (κ3) is 1.19. The van der Waals surface area contributed by atoms with Crippen LogP contribution in [0.15, 0.2) is 0 Å². The second kappa shape index (κ2) is 3.13. The molecule has 0 unspecified atom stereocenters. The molecule has 0 amide bonds. The quantitative estimate of drug-likeness (QED) is 0.310. The number of hydrogen-bond donors (Lipinski definition) is 5. The van der Waals surface area contributed by atoms with Crippen molar-refractivity contribution in [1.82, 2.24) is 0 Å². The molecule has 2 rings (SSSR count). The van der Waals surface area contributed by atoms with Gasteiger partial charge in [0.15, 0.2) is 0 Å². The van der Waals surface area contributed by atoms with Crippen LogP contribution < -0.4 is 5.73 Å². The molecule has 6 atom stereocenters. The molecule has 1 spiro atoms. The van der Waals surface area contributed by atoms with Gasteiger partial charge in [0.1, 0.15) is 30.0 Å². The Bertz CT molecular complexity index is 236. The van der Waals surface area contributed by atoms with Crippen LogP contribution in [0.1, 0.15) is 6.42 Å². The molecule has 0 bridgehead atoms. The molecule has 6 N–H and O–H groups in total. The molecule has 0 aromatic carbocycles. The first-order valence-electron chi connectivity index (χ1n) is 4.61. The van der Waals surface area contributed by atoms with E-state index in [2.05, 4.69) is 0 Å². The number of aliphatic hydroxyl groups excluding tert-OH is 4. The van der Waals surface area contributed by atoms with E-state index >= 15 is 0 Å². The number of rotatable bonds is 1. The summed E-state index contributed by atoms with van der Waals surface area (Å²) < 4.78 is 5.31. The Morgan fingerprint density at radius 3 is 2.29 bits per heavy atom. The van der Waals surface area contributed by atoms with Crippen LogP contribution in [0.3, 0.4) is 0 Å². The van der Waals surface area contributed by atoms with Gasteiger partial charge in [0.05, 0.1) is 6.61 Å². The Balaban J connectivity index is 2.16. The fourth-order valence-corrected chi connectivity index (χ4v) is 2.02. The largest absolute Gasteiger partial charge is 0.394 e. The van der Waals surface area contributed by atoms with Crippen LogP contribution in [0.2, 0.25) is 0 Å². The van der Waals surface area contributed by atoms with Crippen LogP contribution in [0, 0.1) is 0 Å². The van der Waals surface area contributed by atoms with E-state index in [0.717, 1.165) is 0 Å². The van der Waals surface area contributed by atoms with E-state index in [9.17, 15) is 15.3 Å². The highest BCUT2D eigenvalue weighted by Crippen LogP contribution is 2.47. The second-order valence-corrected chi connectivity index (χ2v) is 4.03. The Morgan fingerprint density at radius 2 is 1.86 bits per heavy atom. The summed E-state index contributed by atoms with van der Waals surface area (Å²) in [7, 11) is 0. The second-order valence-electron chi connectivity index (χ2n) is 4.03. The highest BCUT2D eigenvalue weighted by Gasteiger charge is 2.65. The lowest BCUT2D eigenvalue weighted by molar-refractivity contribution is -0.241. The van der Waals surface area contributed by atoms with Gasteiger partial charge in [0.2, 0.25) is 0 Å². The fraction of sp³-hybridized carbons (Fsp3) is 1.00. The minimum atomic E-state index is -1.31. The minimum absolute atomic E-state index is 0.339. The Kier molecular flexibility index (Phi) is 2.30. The summed E-state index contributed by atoms with van der Waals surface area (Å²) >= 11 is 0. The molecule has 0 aromatic rings. The van der Waals surface area contributed by atoms with E-state index in [0.29, 0.717) is 6.42 Å². The highest BCUT2D eigenvalue weighted by atomic mass is 16.6. The third-order valence-corrected chi connectivity index (χ3v) is 3.11. The summed E-state index contributed by atoms with van der Waals surface area (Å²) in [6, 6.07) is -0.339. The molecule has 2 aliphatic rings. The van der Waals surface area contributed by atoms with Gasteiger partial charge in [-0.1, -0.05) is 0 Å². The van der Waals surface area contributed by atoms with Crippen LogP contribution in [-0.4, -0.2) is 63.1 Å². The summed E-state index contributed by atoms with van der Waals surface area (Å²) in [4.78, 5) is 0. The standard InChI is InChI=1S/C8H15NO5/c9-4-1-8(4)7(13)6(12)5(11)3(2-10)14-8/h3-7,10-13H,1-2,9H2/t3-,4-,5-,6+,7-,8+/m1/s1. The normalized spacial score (nSPS) is 57.6. The summed E-state index contributed by atoms with van der Waals surface area (Å²) in [5, 5.41) is 37.4. The maximum atomic E-state index is 9.63. The Morgan fingerprint density at radius 1 is 1.29 bits per heavy atom. The van der Waals surface area contributed by atoms with E-state index in [-0.39, 0.29) is 6.04 Å². The molecule has 1 aliphatic heterocycles. The smallest absolute Gasteiger partial charge is 0.114 e. The summed E-state index contributed by atoms with van der Waals surface area (Å²) in [6.45, 7) is -0.403. The number of nitrogens with two attached hydrogens (primary N) is 1. The zero-order valence-corrected chi connectivity index (χ0v) is 7.58. The van der Waals surface area contributed by atoms with Gasteiger partial charge < -0.3 is 30.9 Å². The van der Waals surface area contributed by atoms with Crippen LogP contribution in [-0.2, 0) is 4.74 Å². The molecule has 1 saturated heterocycles. The van der Waals surface area contributed by atoms with E-state index in [1.807, 2.05) is 0 Å². The molecule has 1 heterocycles. The lowest BCUT2D eigenvalue weighted by Gasteiger charge is -2.41. The van der Waals surface area contributed by atoms with Gasteiger partial charge in [0, 0.05) is 6.04 Å². The van der Waals surface area contributed by atoms with Crippen molar-refractivity contribution in [3.63, 3.8) is 0 Å². The van der Waals surface area contributed by atoms with E-state index < -0.39 is 36.6 Å². The first-order chi connectivity index (χ1) is 6.53. The Hall–Kier alpha value is -0.240. The molecule has 0 aromatic heterocycles. The SMILES string of the molecule is N[C@@H]1C[C@]12O[C@H](CO)[C@@H](O)[C@H](O)[C@H]2O. The predicted octanol–water partition coefficient (Wildman–Crippen LogP) is -3.07. The Labute approximate surface area is 80.9 Å². The van der Waals surface area contributed by atoms with Crippen molar-refractivity contribution >= 4 is 0 Å². The predicted molar refractivity (Wildman–Crippen MR) is 45.3 cm³/mol. The van der Waals surface area contributed by atoms with Gasteiger partial charge in [-0.2, -0.15) is 0 Å². The molecule has 14 heavy (non-hydrogen) atoms. The summed E-state index contributed by atoms with van der Waals surface area (Å²) in [5.41, 5.74) is 4.62. The van der Waals surface area contributed by atoms with Crippen molar-refractivity contribution in [3.8, 4) is 0 Å². The maximum Gasteiger partial charge on any atom is 0.114 e. The van der Waals surface area contributed by atoms with Crippen molar-refractivity contribution in [2.24, 2.45) is 5.73 Å². The van der Waals surface area contributed by atoms with Gasteiger partial charge in [-0.25, -0.2) is 0 Å². The molecule has 1 aliphatic carbocycles. The van der Waals surface area contributed by atoms with Crippen molar-refractivity contribution in [2.75, 3.05) is 6.61 Å². The van der Waals surface area contributed by atoms with Crippen molar-refractivity contribution in [2.45, 2.75) is 42.5 Å². The van der Waals surface area contributed by atoms with E-state index in [4.69, 9.17) is 15.6 Å². The van der Waals surface area contributed by atoms with Gasteiger partial charge in [-0.05, 0) is 6.42 Å². The van der Waals surface area contributed by atoms with Crippen LogP contribution in [0.4, 0.5) is 0 Å². The van der Waals surface area contributed by atoms with Crippen molar-refractivity contribution in [1.29, 1.82) is 0 Å². The molecule has 2 fully saturated rings. The van der Waals surface area contributed by atoms with Gasteiger partial charge in [-0.15, -0.1) is 0 Å². The molecule has 6 heteroatoms. The minimum Gasteiger partial charge on any atom is -0.394 e. The monoisotopic (exact) mass is 205 g/mol. The lowest BCUT2D eigenvalue weighted by atomic mass is 9.93. The van der Waals surface area contributed by atoms with Crippen molar-refractivity contribution < 1.29 is 25.2 Å². The van der Waals surface area contributed by atoms with Crippen LogP contribution in [0.5, 0.6) is 0 Å². The molecular weight excluding hydrogens is 190 g/mol. The zero-order chi connectivity index (χ0) is 10.5. The fourth-order valence-electron chi connectivity index (χ4n) is 2.02. The van der Waals surface area contributed by atoms with Crippen LogP contribution in [0.25, 0.3) is 0 Å². The topological polar surface area (TPSA) is 116 Å². The van der Waals surface area contributed by atoms with Crippen LogP contribution >= 0.6 is 0 Å². The molecule has 0 radical (unpaired) electrons. The lowest BCUT2D eigenvalue weighted by Crippen LogP contribution is -2.61. The first kappa shape index (κ1) is 10.3. The summed E-state index contributed by atoms with van der Waals surface area (Å²) in [6.07, 6.45) is -4.20. The van der Waals surface area contributed by atoms with E-state index in [1.54, 1.807) is 0 Å². The highest BCUT2D eigenvalue weighted by molar-refractivity contribution is 5.19. The number of aliphatic hydroxyl groups is 4. The van der Waals surface area contributed by atoms with Crippen molar-refractivity contribution in [3.05, 3.63) is 0 Å². The average molecular weight is 205 g/mol. The molecular formula is C8H15NO5.